The average Bonchev–Trinajstić information content (AvgIpc) is 2.51. The maximum atomic E-state index is 11.7. The molecule has 25 heavy (non-hydrogen) atoms. The van der Waals surface area contributed by atoms with Crippen molar-refractivity contribution < 1.29 is 19.1 Å². The average molecular weight is 359 g/mol. The van der Waals surface area contributed by atoms with Gasteiger partial charge in [0.25, 0.3) is 0 Å². The van der Waals surface area contributed by atoms with Crippen LogP contribution in [0.25, 0.3) is 0 Å². The lowest BCUT2D eigenvalue weighted by Gasteiger charge is -2.29. The lowest BCUT2D eigenvalue weighted by Crippen LogP contribution is -2.37. The monoisotopic (exact) mass is 358 g/mol. The molecule has 0 aliphatic heterocycles. The zero-order valence-electron chi connectivity index (χ0n) is 16.9. The van der Waals surface area contributed by atoms with E-state index in [1.807, 2.05) is 41.5 Å². The SMILES string of the molecule is CC(C)C(=O)CCCC(=O)NCCOC(C)(C)CCOC(C)(C)CN. The first kappa shape index (κ1) is 24.0. The zero-order valence-corrected chi connectivity index (χ0v) is 16.9. The molecule has 0 saturated carbocycles. The highest BCUT2D eigenvalue weighted by atomic mass is 16.5. The predicted octanol–water partition coefficient (Wildman–Crippen LogP) is 2.44. The topological polar surface area (TPSA) is 90.7 Å². The van der Waals surface area contributed by atoms with Gasteiger partial charge in [0.15, 0.2) is 0 Å². The molecule has 1 amide bonds. The quantitative estimate of drug-likeness (QED) is 0.465. The Morgan fingerprint density at radius 2 is 1.60 bits per heavy atom. The number of ketones is 1. The Morgan fingerprint density at radius 1 is 1.00 bits per heavy atom. The maximum Gasteiger partial charge on any atom is 0.220 e. The fourth-order valence-electron chi connectivity index (χ4n) is 2.02. The van der Waals surface area contributed by atoms with Gasteiger partial charge in [-0.25, -0.2) is 0 Å². The normalized spacial score (nSPS) is 12.5. The number of nitrogens with one attached hydrogen (secondary N) is 1. The molecule has 0 rings (SSSR count). The van der Waals surface area contributed by atoms with Gasteiger partial charge < -0.3 is 20.5 Å². The highest BCUT2D eigenvalue weighted by Crippen LogP contribution is 2.16. The largest absolute Gasteiger partial charge is 0.374 e. The van der Waals surface area contributed by atoms with Crippen LogP contribution in [-0.4, -0.2) is 49.2 Å². The van der Waals surface area contributed by atoms with Crippen molar-refractivity contribution in [1.82, 2.24) is 5.32 Å². The van der Waals surface area contributed by atoms with Gasteiger partial charge in [-0.1, -0.05) is 13.8 Å². The van der Waals surface area contributed by atoms with E-state index in [0.717, 1.165) is 6.42 Å². The van der Waals surface area contributed by atoms with Crippen LogP contribution in [0.2, 0.25) is 0 Å². The van der Waals surface area contributed by atoms with Gasteiger partial charge in [-0.3, -0.25) is 9.59 Å². The summed E-state index contributed by atoms with van der Waals surface area (Å²) in [6.45, 7) is 13.7. The van der Waals surface area contributed by atoms with Gasteiger partial charge in [0.05, 0.1) is 24.4 Å². The van der Waals surface area contributed by atoms with E-state index in [4.69, 9.17) is 15.2 Å². The predicted molar refractivity (Wildman–Crippen MR) is 100 cm³/mol. The third-order valence-electron chi connectivity index (χ3n) is 4.08. The fraction of sp³-hybridized carbons (Fsp3) is 0.895. The number of carbonyl (C=O) groups excluding carboxylic acids is 2. The molecular formula is C19H38N2O4. The number of hydrogen-bond donors (Lipinski definition) is 2. The van der Waals surface area contributed by atoms with E-state index in [1.54, 1.807) is 0 Å². The molecule has 0 saturated heterocycles. The van der Waals surface area contributed by atoms with Crippen molar-refractivity contribution in [3.63, 3.8) is 0 Å². The second-order valence-corrected chi connectivity index (χ2v) is 7.99. The molecule has 0 unspecified atom stereocenters. The molecule has 0 aromatic carbocycles. The van der Waals surface area contributed by atoms with E-state index in [0.29, 0.717) is 45.6 Å². The van der Waals surface area contributed by atoms with Crippen molar-refractivity contribution in [2.45, 2.75) is 78.4 Å². The number of rotatable bonds is 14. The van der Waals surface area contributed by atoms with Crippen LogP contribution in [0.5, 0.6) is 0 Å². The van der Waals surface area contributed by atoms with Crippen LogP contribution in [0, 0.1) is 5.92 Å². The second kappa shape index (κ2) is 11.6. The summed E-state index contributed by atoms with van der Waals surface area (Å²) in [6.07, 6.45) is 2.20. The third-order valence-corrected chi connectivity index (χ3v) is 4.08. The molecule has 148 valence electrons. The van der Waals surface area contributed by atoms with E-state index >= 15 is 0 Å². The van der Waals surface area contributed by atoms with Crippen LogP contribution in [0.15, 0.2) is 0 Å². The van der Waals surface area contributed by atoms with Gasteiger partial charge in [-0.15, -0.1) is 0 Å². The van der Waals surface area contributed by atoms with Crippen LogP contribution in [-0.2, 0) is 19.1 Å². The molecule has 6 nitrogen and oxygen atoms in total. The molecule has 6 heteroatoms. The first-order chi connectivity index (χ1) is 11.5. The molecule has 0 aliphatic rings. The lowest BCUT2D eigenvalue weighted by molar-refractivity contribution is -0.123. The van der Waals surface area contributed by atoms with Crippen LogP contribution >= 0.6 is 0 Å². The Labute approximate surface area is 153 Å². The summed E-state index contributed by atoms with van der Waals surface area (Å²) in [5, 5.41) is 2.82. The molecule has 0 spiro atoms. The van der Waals surface area contributed by atoms with Crippen molar-refractivity contribution in [3.8, 4) is 0 Å². The summed E-state index contributed by atoms with van der Waals surface area (Å²) in [6, 6.07) is 0. The number of Topliss-reactive ketones (excluding diaryl/α,β-unsaturated/α-hetero) is 1. The molecular weight excluding hydrogens is 320 g/mol. The lowest BCUT2D eigenvalue weighted by atomic mass is 10.0. The van der Waals surface area contributed by atoms with Crippen molar-refractivity contribution in [2.75, 3.05) is 26.3 Å². The van der Waals surface area contributed by atoms with E-state index in [2.05, 4.69) is 5.32 Å². The van der Waals surface area contributed by atoms with Gasteiger partial charge in [0.1, 0.15) is 5.78 Å². The van der Waals surface area contributed by atoms with E-state index < -0.39 is 0 Å². The third kappa shape index (κ3) is 13.0. The van der Waals surface area contributed by atoms with Crippen molar-refractivity contribution in [2.24, 2.45) is 11.7 Å². The van der Waals surface area contributed by atoms with Crippen molar-refractivity contribution >= 4 is 11.7 Å². The number of nitrogens with two attached hydrogens (primary N) is 1. The van der Waals surface area contributed by atoms with Crippen LogP contribution < -0.4 is 11.1 Å². The fourth-order valence-corrected chi connectivity index (χ4v) is 2.02. The smallest absolute Gasteiger partial charge is 0.220 e. The standard InChI is InChI=1S/C19H38N2O4/c1-15(2)16(22)8-7-9-17(23)21-11-13-25-18(3,4)10-12-24-19(5,6)14-20/h15H,7-14,20H2,1-6H3,(H,21,23). The van der Waals surface area contributed by atoms with E-state index in [-0.39, 0.29) is 28.8 Å². The summed E-state index contributed by atoms with van der Waals surface area (Å²) in [4.78, 5) is 23.2. The molecule has 0 aromatic heterocycles. The summed E-state index contributed by atoms with van der Waals surface area (Å²) in [7, 11) is 0. The molecule has 0 heterocycles. The van der Waals surface area contributed by atoms with Gasteiger partial charge in [-0.2, -0.15) is 0 Å². The first-order valence-corrected chi connectivity index (χ1v) is 9.26. The summed E-state index contributed by atoms with van der Waals surface area (Å²) < 4.78 is 11.6. The Morgan fingerprint density at radius 3 is 2.16 bits per heavy atom. The van der Waals surface area contributed by atoms with E-state index in [9.17, 15) is 9.59 Å². The molecule has 0 fully saturated rings. The molecule has 0 aliphatic carbocycles. The summed E-state index contributed by atoms with van der Waals surface area (Å²) >= 11 is 0. The molecule has 0 atom stereocenters. The molecule has 3 N–H and O–H groups in total. The minimum atomic E-state index is -0.320. The summed E-state index contributed by atoms with van der Waals surface area (Å²) in [5.41, 5.74) is 4.99. The van der Waals surface area contributed by atoms with Gasteiger partial charge in [0, 0.05) is 31.8 Å². The Bertz CT molecular complexity index is 406. The summed E-state index contributed by atoms with van der Waals surface area (Å²) in [5.74, 6) is 0.210. The minimum Gasteiger partial charge on any atom is -0.374 e. The Kier molecular flexibility index (Phi) is 11.1. The molecule has 0 radical (unpaired) electrons. The van der Waals surface area contributed by atoms with Gasteiger partial charge in [0.2, 0.25) is 5.91 Å². The maximum absolute atomic E-state index is 11.7. The first-order valence-electron chi connectivity index (χ1n) is 9.26. The second-order valence-electron chi connectivity index (χ2n) is 7.99. The van der Waals surface area contributed by atoms with Crippen molar-refractivity contribution in [3.05, 3.63) is 0 Å². The van der Waals surface area contributed by atoms with Crippen LogP contribution in [0.4, 0.5) is 0 Å². The highest BCUT2D eigenvalue weighted by Gasteiger charge is 2.21. The van der Waals surface area contributed by atoms with Gasteiger partial charge >= 0.3 is 0 Å². The zero-order chi connectivity index (χ0) is 19.5. The van der Waals surface area contributed by atoms with Crippen LogP contribution in [0.3, 0.4) is 0 Å². The Balaban J connectivity index is 3.80. The molecule has 0 bridgehead atoms. The Hall–Kier alpha value is -0.980. The number of amides is 1. The number of carbonyl (C=O) groups is 2. The minimum absolute atomic E-state index is 0.0361. The van der Waals surface area contributed by atoms with E-state index in [1.165, 1.54) is 0 Å². The number of ether oxygens (including phenoxy) is 2. The molecule has 0 aromatic rings. The number of hydrogen-bond acceptors (Lipinski definition) is 5. The van der Waals surface area contributed by atoms with Crippen LogP contribution in [0.1, 0.15) is 67.2 Å². The van der Waals surface area contributed by atoms with Gasteiger partial charge in [-0.05, 0) is 40.5 Å². The highest BCUT2D eigenvalue weighted by molar-refractivity contribution is 5.81. The van der Waals surface area contributed by atoms with Crippen molar-refractivity contribution in [1.29, 1.82) is 0 Å².